The number of nitrogens with zero attached hydrogens (tertiary/aromatic N) is 1. The van der Waals surface area contributed by atoms with Crippen LogP contribution in [0.4, 0.5) is 5.69 Å². The summed E-state index contributed by atoms with van der Waals surface area (Å²) < 4.78 is 4.82. The van der Waals surface area contributed by atoms with Crippen molar-refractivity contribution in [3.63, 3.8) is 0 Å². The van der Waals surface area contributed by atoms with Crippen molar-refractivity contribution in [3.05, 3.63) is 37.3 Å². The predicted octanol–water partition coefficient (Wildman–Crippen LogP) is 3.19. The van der Waals surface area contributed by atoms with Gasteiger partial charge in [0.2, 0.25) is 0 Å². The molecule has 0 radical (unpaired) electrons. The Morgan fingerprint density at radius 1 is 1.62 bits per heavy atom. The Labute approximate surface area is 105 Å². The van der Waals surface area contributed by atoms with Crippen molar-refractivity contribution < 1.29 is 14.5 Å². The number of benzene rings is 1. The molecular weight excluding hydrogens is 301 g/mol. The number of hydrogen-bond acceptors (Lipinski definition) is 4. The first-order chi connectivity index (χ1) is 7.47. The number of esters is 1. The van der Waals surface area contributed by atoms with E-state index in [4.69, 9.17) is 16.3 Å². The van der Waals surface area contributed by atoms with Crippen LogP contribution in [0.5, 0.6) is 0 Å². The van der Waals surface area contributed by atoms with Crippen LogP contribution in [-0.4, -0.2) is 17.5 Å². The molecular formula is C9H7BrClNO4. The number of rotatable bonds is 3. The molecule has 86 valence electrons. The second-order valence-electron chi connectivity index (χ2n) is 2.76. The molecule has 0 N–H and O–H groups in total. The van der Waals surface area contributed by atoms with Crippen molar-refractivity contribution in [1.29, 1.82) is 0 Å². The van der Waals surface area contributed by atoms with Crippen LogP contribution in [0.1, 0.15) is 17.3 Å². The molecule has 0 atom stereocenters. The summed E-state index contributed by atoms with van der Waals surface area (Å²) in [6.07, 6.45) is 0. The van der Waals surface area contributed by atoms with Crippen LogP contribution in [0.3, 0.4) is 0 Å². The van der Waals surface area contributed by atoms with Gasteiger partial charge >= 0.3 is 5.97 Å². The molecule has 0 saturated heterocycles. The lowest BCUT2D eigenvalue weighted by Crippen LogP contribution is -2.06. The molecule has 1 aromatic carbocycles. The van der Waals surface area contributed by atoms with Gasteiger partial charge < -0.3 is 4.74 Å². The SMILES string of the molecule is CCOC(=O)c1cc(Cl)cc([N+](=O)[O-])c1Br. The molecule has 7 heteroatoms. The molecule has 0 aliphatic carbocycles. The summed E-state index contributed by atoms with van der Waals surface area (Å²) in [6.45, 7) is 1.83. The molecule has 16 heavy (non-hydrogen) atoms. The molecule has 0 aromatic heterocycles. The fraction of sp³-hybridized carbons (Fsp3) is 0.222. The molecule has 0 aliphatic heterocycles. The first kappa shape index (κ1) is 12.9. The third kappa shape index (κ3) is 2.70. The molecule has 0 amide bonds. The molecule has 0 saturated carbocycles. The summed E-state index contributed by atoms with van der Waals surface area (Å²) in [5.41, 5.74) is -0.225. The van der Waals surface area contributed by atoms with Crippen LogP contribution in [-0.2, 0) is 4.74 Å². The number of ether oxygens (including phenoxy) is 1. The minimum Gasteiger partial charge on any atom is -0.462 e. The van der Waals surface area contributed by atoms with E-state index in [9.17, 15) is 14.9 Å². The van der Waals surface area contributed by atoms with E-state index in [1.54, 1.807) is 6.92 Å². The molecule has 0 spiro atoms. The van der Waals surface area contributed by atoms with Crippen molar-refractivity contribution in [2.45, 2.75) is 6.92 Å². The standard InChI is InChI=1S/C9H7BrClNO4/c1-2-16-9(13)6-3-5(11)4-7(8(6)10)12(14)15/h3-4H,2H2,1H3. The highest BCUT2D eigenvalue weighted by Gasteiger charge is 2.22. The largest absolute Gasteiger partial charge is 0.462 e. The third-order valence-corrected chi connectivity index (χ3v) is 2.76. The van der Waals surface area contributed by atoms with E-state index in [0.29, 0.717) is 0 Å². The van der Waals surface area contributed by atoms with Crippen LogP contribution >= 0.6 is 27.5 Å². The van der Waals surface area contributed by atoms with Crippen molar-refractivity contribution in [2.75, 3.05) is 6.61 Å². The number of hydrogen-bond donors (Lipinski definition) is 0. The Kier molecular flexibility index (Phi) is 4.26. The van der Waals surface area contributed by atoms with Gasteiger partial charge in [0, 0.05) is 11.1 Å². The highest BCUT2D eigenvalue weighted by Crippen LogP contribution is 2.32. The average molecular weight is 309 g/mol. The number of nitro benzene ring substituents is 1. The molecule has 0 fully saturated rings. The van der Waals surface area contributed by atoms with Crippen LogP contribution < -0.4 is 0 Å². The van der Waals surface area contributed by atoms with Crippen LogP contribution in [0.15, 0.2) is 16.6 Å². The molecule has 0 unspecified atom stereocenters. The summed E-state index contributed by atoms with van der Waals surface area (Å²) in [5.74, 6) is -0.653. The maximum Gasteiger partial charge on any atom is 0.339 e. The number of halogens is 2. The average Bonchev–Trinajstić information content (AvgIpc) is 2.20. The summed E-state index contributed by atoms with van der Waals surface area (Å²) in [7, 11) is 0. The number of carbonyl (C=O) groups excluding carboxylic acids is 1. The first-order valence-corrected chi connectivity index (χ1v) is 5.45. The van der Waals surface area contributed by atoms with E-state index in [1.165, 1.54) is 6.07 Å². The van der Waals surface area contributed by atoms with Gasteiger partial charge in [-0.2, -0.15) is 0 Å². The Balaban J connectivity index is 3.29. The zero-order chi connectivity index (χ0) is 12.3. The Bertz CT molecular complexity index is 449. The lowest BCUT2D eigenvalue weighted by atomic mass is 10.2. The van der Waals surface area contributed by atoms with Gasteiger partial charge in [0.05, 0.1) is 17.1 Å². The van der Waals surface area contributed by atoms with Crippen LogP contribution in [0, 0.1) is 10.1 Å². The molecule has 5 nitrogen and oxygen atoms in total. The summed E-state index contributed by atoms with van der Waals surface area (Å²) in [4.78, 5) is 21.5. The van der Waals surface area contributed by atoms with Gasteiger partial charge in [0.1, 0.15) is 4.47 Å². The molecule has 0 heterocycles. The van der Waals surface area contributed by atoms with Gasteiger partial charge in [-0.05, 0) is 28.9 Å². The topological polar surface area (TPSA) is 69.4 Å². The monoisotopic (exact) mass is 307 g/mol. The van der Waals surface area contributed by atoms with Gasteiger partial charge in [-0.3, -0.25) is 10.1 Å². The van der Waals surface area contributed by atoms with Crippen molar-refractivity contribution >= 4 is 39.2 Å². The van der Waals surface area contributed by atoms with Gasteiger partial charge in [-0.25, -0.2) is 4.79 Å². The van der Waals surface area contributed by atoms with Crippen molar-refractivity contribution in [3.8, 4) is 0 Å². The summed E-state index contributed by atoms with van der Waals surface area (Å²) in [6, 6.07) is 2.48. The summed E-state index contributed by atoms with van der Waals surface area (Å²) >= 11 is 8.66. The summed E-state index contributed by atoms with van der Waals surface area (Å²) in [5, 5.41) is 10.8. The zero-order valence-corrected chi connectivity index (χ0v) is 10.5. The van der Waals surface area contributed by atoms with Crippen LogP contribution in [0.2, 0.25) is 5.02 Å². The number of nitro groups is 1. The lowest BCUT2D eigenvalue weighted by molar-refractivity contribution is -0.385. The Morgan fingerprint density at radius 3 is 2.75 bits per heavy atom. The first-order valence-electron chi connectivity index (χ1n) is 4.28. The van der Waals surface area contributed by atoms with Gasteiger partial charge in [-0.1, -0.05) is 11.6 Å². The van der Waals surface area contributed by atoms with Crippen LogP contribution in [0.25, 0.3) is 0 Å². The predicted molar refractivity (Wildman–Crippen MR) is 61.8 cm³/mol. The maximum atomic E-state index is 11.5. The molecule has 1 rings (SSSR count). The van der Waals surface area contributed by atoms with Gasteiger partial charge in [0.15, 0.2) is 0 Å². The minimum atomic E-state index is -0.653. The van der Waals surface area contributed by atoms with E-state index in [0.717, 1.165) is 6.07 Å². The maximum absolute atomic E-state index is 11.5. The van der Waals surface area contributed by atoms with Crippen molar-refractivity contribution in [1.82, 2.24) is 0 Å². The second kappa shape index (κ2) is 5.27. The highest BCUT2D eigenvalue weighted by molar-refractivity contribution is 9.10. The molecule has 0 bridgehead atoms. The van der Waals surface area contributed by atoms with E-state index in [-0.39, 0.29) is 27.4 Å². The smallest absolute Gasteiger partial charge is 0.339 e. The zero-order valence-electron chi connectivity index (χ0n) is 8.20. The van der Waals surface area contributed by atoms with E-state index >= 15 is 0 Å². The second-order valence-corrected chi connectivity index (χ2v) is 3.99. The third-order valence-electron chi connectivity index (χ3n) is 1.71. The van der Waals surface area contributed by atoms with Crippen molar-refractivity contribution in [2.24, 2.45) is 0 Å². The van der Waals surface area contributed by atoms with E-state index in [2.05, 4.69) is 15.9 Å². The van der Waals surface area contributed by atoms with Gasteiger partial charge in [0.25, 0.3) is 5.69 Å². The fourth-order valence-corrected chi connectivity index (χ4v) is 1.81. The normalized spacial score (nSPS) is 9.94. The Hall–Kier alpha value is -1.14. The fourth-order valence-electron chi connectivity index (χ4n) is 1.07. The number of carbonyl (C=O) groups is 1. The quantitative estimate of drug-likeness (QED) is 0.488. The molecule has 0 aliphatic rings. The lowest BCUT2D eigenvalue weighted by Gasteiger charge is -2.05. The highest BCUT2D eigenvalue weighted by atomic mass is 79.9. The van der Waals surface area contributed by atoms with E-state index < -0.39 is 10.9 Å². The van der Waals surface area contributed by atoms with Gasteiger partial charge in [-0.15, -0.1) is 0 Å². The Morgan fingerprint density at radius 2 is 2.25 bits per heavy atom. The van der Waals surface area contributed by atoms with E-state index in [1.807, 2.05) is 0 Å². The minimum absolute atomic E-state index is 0.0426. The molecule has 1 aromatic rings.